The highest BCUT2D eigenvalue weighted by atomic mass is 19.1. The molecule has 0 radical (unpaired) electrons. The third kappa shape index (κ3) is 4.35. The summed E-state index contributed by atoms with van der Waals surface area (Å²) in [7, 11) is 0. The Bertz CT molecular complexity index is 1150. The number of nitrogens with two attached hydrogens (primary N) is 1. The van der Waals surface area contributed by atoms with Crippen molar-refractivity contribution in [3.8, 4) is 5.69 Å². The summed E-state index contributed by atoms with van der Waals surface area (Å²) in [6.07, 6.45) is 6.80. The van der Waals surface area contributed by atoms with Crippen LogP contribution in [0.5, 0.6) is 0 Å². The SMILES string of the molecule is CC1(C)CC(=O)c2c(CC3CC3)nn(-c3cc(N[C@H]4CCCC[C@@H]4O)c(C(N)=O)cc3F)c2C1. The van der Waals surface area contributed by atoms with Crippen molar-refractivity contribution in [2.75, 3.05) is 5.32 Å². The molecule has 0 bridgehead atoms. The molecular weight excluding hydrogens is 435 g/mol. The molecule has 3 aliphatic rings. The van der Waals surface area contributed by atoms with E-state index in [1.165, 1.54) is 0 Å². The number of amides is 1. The Kier molecular flexibility index (Phi) is 5.74. The maximum absolute atomic E-state index is 15.4. The second-order valence-corrected chi connectivity index (χ2v) is 11.1. The number of fused-ring (bicyclic) bond motifs is 1. The van der Waals surface area contributed by atoms with Crippen LogP contribution in [0, 0.1) is 17.2 Å². The molecule has 182 valence electrons. The molecule has 0 spiro atoms. The summed E-state index contributed by atoms with van der Waals surface area (Å²) >= 11 is 0. The van der Waals surface area contributed by atoms with Gasteiger partial charge < -0.3 is 16.2 Å². The number of hydrogen-bond donors (Lipinski definition) is 3. The predicted molar refractivity (Wildman–Crippen MR) is 127 cm³/mol. The number of aliphatic hydroxyl groups excluding tert-OH is 1. The highest BCUT2D eigenvalue weighted by molar-refractivity contribution is 6.00. The van der Waals surface area contributed by atoms with Crippen LogP contribution in [0.25, 0.3) is 5.69 Å². The number of anilines is 1. The predicted octanol–water partition coefficient (Wildman–Crippen LogP) is 3.93. The number of ketones is 1. The molecule has 2 saturated carbocycles. The Balaban J connectivity index is 1.62. The lowest BCUT2D eigenvalue weighted by atomic mass is 9.75. The van der Waals surface area contributed by atoms with Crippen molar-refractivity contribution in [3.63, 3.8) is 0 Å². The van der Waals surface area contributed by atoms with Crippen molar-refractivity contribution < 1.29 is 19.1 Å². The van der Waals surface area contributed by atoms with E-state index in [0.29, 0.717) is 36.4 Å². The minimum Gasteiger partial charge on any atom is -0.391 e. The van der Waals surface area contributed by atoms with E-state index in [2.05, 4.69) is 5.32 Å². The van der Waals surface area contributed by atoms with Gasteiger partial charge in [-0.1, -0.05) is 26.7 Å². The van der Waals surface area contributed by atoms with E-state index in [4.69, 9.17) is 10.8 Å². The Hall–Kier alpha value is -2.74. The quantitative estimate of drug-likeness (QED) is 0.595. The summed E-state index contributed by atoms with van der Waals surface area (Å²) in [5.74, 6) is -0.776. The molecule has 1 amide bonds. The van der Waals surface area contributed by atoms with Gasteiger partial charge in [-0.3, -0.25) is 9.59 Å². The maximum atomic E-state index is 15.4. The van der Waals surface area contributed by atoms with Crippen LogP contribution in [-0.2, 0) is 12.8 Å². The van der Waals surface area contributed by atoms with Crippen LogP contribution in [0.3, 0.4) is 0 Å². The Labute approximate surface area is 198 Å². The van der Waals surface area contributed by atoms with Gasteiger partial charge in [0.1, 0.15) is 11.5 Å². The number of Topliss-reactive ketones (excluding diaryl/α,β-unsaturated/α-hetero) is 1. The summed E-state index contributed by atoms with van der Waals surface area (Å²) in [5.41, 5.74) is 8.02. The molecular formula is C26H33FN4O3. The number of aromatic nitrogens is 2. The number of nitrogens with one attached hydrogen (secondary N) is 1. The molecule has 1 aromatic carbocycles. The minimum atomic E-state index is -0.744. The van der Waals surface area contributed by atoms with Gasteiger partial charge in [-0.25, -0.2) is 9.07 Å². The number of primary amides is 1. The number of rotatable bonds is 6. The molecule has 0 aliphatic heterocycles. The molecule has 7 nitrogen and oxygen atoms in total. The van der Waals surface area contributed by atoms with E-state index < -0.39 is 17.8 Å². The Morgan fingerprint density at radius 3 is 2.65 bits per heavy atom. The van der Waals surface area contributed by atoms with Gasteiger partial charge in [0.15, 0.2) is 5.78 Å². The van der Waals surface area contributed by atoms with Gasteiger partial charge in [-0.05, 0) is 62.0 Å². The summed E-state index contributed by atoms with van der Waals surface area (Å²) in [5, 5.41) is 18.4. The fourth-order valence-corrected chi connectivity index (χ4v) is 5.49. The van der Waals surface area contributed by atoms with Crippen molar-refractivity contribution in [1.82, 2.24) is 9.78 Å². The Morgan fingerprint density at radius 1 is 1.24 bits per heavy atom. The molecule has 5 rings (SSSR count). The summed E-state index contributed by atoms with van der Waals surface area (Å²) in [6, 6.07) is 2.44. The van der Waals surface area contributed by atoms with Crippen molar-refractivity contribution in [2.24, 2.45) is 17.1 Å². The number of carbonyl (C=O) groups is 2. The maximum Gasteiger partial charge on any atom is 0.250 e. The van der Waals surface area contributed by atoms with E-state index in [1.807, 2.05) is 13.8 Å². The molecule has 2 atom stereocenters. The van der Waals surface area contributed by atoms with Crippen LogP contribution in [0.1, 0.15) is 90.9 Å². The molecule has 0 unspecified atom stereocenters. The van der Waals surface area contributed by atoms with Crippen molar-refractivity contribution in [3.05, 3.63) is 40.5 Å². The zero-order chi connectivity index (χ0) is 24.2. The lowest BCUT2D eigenvalue weighted by Gasteiger charge is -2.30. The number of hydrogen-bond acceptors (Lipinski definition) is 5. The van der Waals surface area contributed by atoms with E-state index in [0.717, 1.165) is 56.0 Å². The van der Waals surface area contributed by atoms with Gasteiger partial charge >= 0.3 is 0 Å². The van der Waals surface area contributed by atoms with Crippen LogP contribution in [0.4, 0.5) is 10.1 Å². The van der Waals surface area contributed by atoms with Gasteiger partial charge in [-0.15, -0.1) is 0 Å². The van der Waals surface area contributed by atoms with Crippen LogP contribution < -0.4 is 11.1 Å². The van der Waals surface area contributed by atoms with Crippen LogP contribution in [-0.4, -0.2) is 38.7 Å². The zero-order valence-electron chi connectivity index (χ0n) is 19.9. The number of carbonyl (C=O) groups excluding carboxylic acids is 2. The zero-order valence-corrected chi connectivity index (χ0v) is 19.9. The van der Waals surface area contributed by atoms with Gasteiger partial charge in [-0.2, -0.15) is 5.10 Å². The Morgan fingerprint density at radius 2 is 1.97 bits per heavy atom. The van der Waals surface area contributed by atoms with Crippen molar-refractivity contribution in [1.29, 1.82) is 0 Å². The molecule has 4 N–H and O–H groups in total. The largest absolute Gasteiger partial charge is 0.391 e. The van der Waals surface area contributed by atoms with Gasteiger partial charge in [0, 0.05) is 12.1 Å². The molecule has 8 heteroatoms. The van der Waals surface area contributed by atoms with Gasteiger partial charge in [0.25, 0.3) is 5.91 Å². The fourth-order valence-electron chi connectivity index (χ4n) is 5.49. The molecule has 1 heterocycles. The average Bonchev–Trinajstić information content (AvgIpc) is 3.50. The highest BCUT2D eigenvalue weighted by Crippen LogP contribution is 2.41. The highest BCUT2D eigenvalue weighted by Gasteiger charge is 2.38. The lowest BCUT2D eigenvalue weighted by molar-refractivity contribution is 0.0909. The van der Waals surface area contributed by atoms with Crippen molar-refractivity contribution in [2.45, 2.75) is 83.8 Å². The molecule has 2 aromatic rings. The normalized spacial score (nSPS) is 24.1. The summed E-state index contributed by atoms with van der Waals surface area (Å²) < 4.78 is 17.0. The number of aliphatic hydroxyl groups is 1. The number of benzene rings is 1. The first-order chi connectivity index (χ1) is 16.1. The molecule has 0 saturated heterocycles. The molecule has 3 aliphatic carbocycles. The third-order valence-electron chi connectivity index (χ3n) is 7.45. The molecule has 34 heavy (non-hydrogen) atoms. The van der Waals surface area contributed by atoms with E-state index in [-0.39, 0.29) is 28.5 Å². The first-order valence-electron chi connectivity index (χ1n) is 12.4. The van der Waals surface area contributed by atoms with Crippen LogP contribution in [0.15, 0.2) is 12.1 Å². The smallest absolute Gasteiger partial charge is 0.250 e. The topological polar surface area (TPSA) is 110 Å². The van der Waals surface area contributed by atoms with Gasteiger partial charge in [0.2, 0.25) is 0 Å². The summed E-state index contributed by atoms with van der Waals surface area (Å²) in [6.45, 7) is 4.07. The first-order valence-corrected chi connectivity index (χ1v) is 12.4. The monoisotopic (exact) mass is 468 g/mol. The third-order valence-corrected chi connectivity index (χ3v) is 7.45. The fraction of sp³-hybridized carbons (Fsp3) is 0.577. The second kappa shape index (κ2) is 8.48. The standard InChI is InChI=1S/C26H33FN4O3/c1-26(2)12-21-24(23(33)13-26)19(9-14-7-8-14)30-31(21)20-11-18(15(25(28)34)10-16(20)27)29-17-5-3-4-6-22(17)32/h10-11,14,17,22,29,32H,3-9,12-13H2,1-2H3,(H2,28,34)/t17-,22-/m0/s1. The lowest BCUT2D eigenvalue weighted by Crippen LogP contribution is -2.37. The van der Waals surface area contributed by atoms with E-state index in [9.17, 15) is 14.7 Å². The van der Waals surface area contributed by atoms with Crippen molar-refractivity contribution >= 4 is 17.4 Å². The average molecular weight is 469 g/mol. The van der Waals surface area contributed by atoms with Crippen LogP contribution >= 0.6 is 0 Å². The molecule has 2 fully saturated rings. The van der Waals surface area contributed by atoms with Crippen LogP contribution in [0.2, 0.25) is 0 Å². The van der Waals surface area contributed by atoms with E-state index in [1.54, 1.807) is 10.7 Å². The van der Waals surface area contributed by atoms with E-state index >= 15 is 4.39 Å². The minimum absolute atomic E-state index is 0.0367. The second-order valence-electron chi connectivity index (χ2n) is 11.1. The first kappa shape index (κ1) is 23.0. The van der Waals surface area contributed by atoms with Gasteiger partial charge in [0.05, 0.1) is 34.7 Å². The summed E-state index contributed by atoms with van der Waals surface area (Å²) in [4.78, 5) is 25.2. The molecule has 1 aromatic heterocycles. The number of nitrogens with zero attached hydrogens (tertiary/aromatic N) is 2. The number of halogens is 1.